The van der Waals surface area contributed by atoms with Crippen molar-refractivity contribution in [3.8, 4) is 5.75 Å². The minimum Gasteiger partial charge on any atom is -0.476 e. The van der Waals surface area contributed by atoms with E-state index >= 15 is 0 Å². The second kappa shape index (κ2) is 6.05. The topological polar surface area (TPSA) is 67.4 Å². The van der Waals surface area contributed by atoms with Crippen LogP contribution >= 0.6 is 0 Å². The molecule has 8 heteroatoms. The second-order valence-electron chi connectivity index (χ2n) is 6.27. The molecule has 0 spiro atoms. The van der Waals surface area contributed by atoms with E-state index in [0.717, 1.165) is 24.3 Å². The lowest BCUT2D eigenvalue weighted by Crippen LogP contribution is -2.45. The Labute approximate surface area is 147 Å². The van der Waals surface area contributed by atoms with Crippen LogP contribution in [0.3, 0.4) is 0 Å². The molecule has 0 unspecified atom stereocenters. The van der Waals surface area contributed by atoms with E-state index in [1.807, 2.05) is 0 Å². The molecule has 1 heterocycles. The van der Waals surface area contributed by atoms with E-state index in [1.165, 1.54) is 0 Å². The molecule has 2 aromatic carbocycles. The van der Waals surface area contributed by atoms with Gasteiger partial charge < -0.3 is 15.4 Å². The number of amides is 2. The van der Waals surface area contributed by atoms with Crippen LogP contribution in [0.4, 0.5) is 24.5 Å². The number of nitrogens with one attached hydrogen (secondary N) is 2. The summed E-state index contributed by atoms with van der Waals surface area (Å²) in [5.41, 5.74) is -1.25. The molecule has 2 N–H and O–H groups in total. The Morgan fingerprint density at radius 3 is 2.38 bits per heavy atom. The third kappa shape index (κ3) is 3.35. The summed E-state index contributed by atoms with van der Waals surface area (Å²) in [6, 6.07) is 8.69. The van der Waals surface area contributed by atoms with Gasteiger partial charge in [0.05, 0.1) is 11.3 Å². The quantitative estimate of drug-likeness (QED) is 0.844. The van der Waals surface area contributed by atoms with Crippen LogP contribution in [-0.4, -0.2) is 17.4 Å². The lowest BCUT2D eigenvalue weighted by Gasteiger charge is -2.32. The molecule has 0 fully saturated rings. The summed E-state index contributed by atoms with van der Waals surface area (Å²) in [6.45, 7) is 3.22. The molecule has 3 rings (SSSR count). The number of anilines is 2. The number of alkyl halides is 3. The minimum atomic E-state index is -4.47. The van der Waals surface area contributed by atoms with Crippen LogP contribution in [0, 0.1) is 0 Å². The van der Waals surface area contributed by atoms with Crippen LogP contribution in [0.15, 0.2) is 42.5 Å². The van der Waals surface area contributed by atoms with Gasteiger partial charge in [0.15, 0.2) is 5.60 Å². The van der Waals surface area contributed by atoms with Crippen molar-refractivity contribution < 1.29 is 27.5 Å². The molecule has 2 amide bonds. The predicted octanol–water partition coefficient (Wildman–Crippen LogP) is 4.07. The molecule has 0 atom stereocenters. The first-order valence-electron chi connectivity index (χ1n) is 7.70. The summed E-state index contributed by atoms with van der Waals surface area (Å²) in [5.74, 6) is -0.591. The fourth-order valence-electron chi connectivity index (χ4n) is 2.44. The van der Waals surface area contributed by atoms with Gasteiger partial charge in [0.25, 0.3) is 11.8 Å². The lowest BCUT2D eigenvalue weighted by atomic mass is 10.1. The first kappa shape index (κ1) is 17.8. The number of halogens is 3. The van der Waals surface area contributed by atoms with Gasteiger partial charge in [-0.25, -0.2) is 0 Å². The Balaban J connectivity index is 1.84. The summed E-state index contributed by atoms with van der Waals surface area (Å²) >= 11 is 0. The van der Waals surface area contributed by atoms with Crippen molar-refractivity contribution in [3.05, 3.63) is 53.6 Å². The van der Waals surface area contributed by atoms with Gasteiger partial charge in [-0.3, -0.25) is 9.59 Å². The molecule has 136 valence electrons. The van der Waals surface area contributed by atoms with E-state index in [2.05, 4.69) is 10.6 Å². The van der Waals surface area contributed by atoms with Crippen molar-refractivity contribution in [2.45, 2.75) is 25.6 Å². The van der Waals surface area contributed by atoms with Crippen LogP contribution in [0.5, 0.6) is 5.75 Å². The van der Waals surface area contributed by atoms with Crippen molar-refractivity contribution in [1.29, 1.82) is 0 Å². The summed E-state index contributed by atoms with van der Waals surface area (Å²) in [7, 11) is 0. The zero-order valence-electron chi connectivity index (χ0n) is 13.9. The number of ether oxygens (including phenoxy) is 1. The van der Waals surface area contributed by atoms with Crippen LogP contribution in [-0.2, 0) is 11.0 Å². The molecule has 0 saturated carbocycles. The van der Waals surface area contributed by atoms with Gasteiger partial charge in [-0.2, -0.15) is 13.2 Å². The normalized spacial score (nSPS) is 15.5. The van der Waals surface area contributed by atoms with Crippen molar-refractivity contribution in [3.63, 3.8) is 0 Å². The molecule has 0 saturated heterocycles. The highest BCUT2D eigenvalue weighted by Crippen LogP contribution is 2.39. The maximum Gasteiger partial charge on any atom is 0.416 e. The molecule has 1 aliphatic rings. The van der Waals surface area contributed by atoms with Crippen molar-refractivity contribution in [2.24, 2.45) is 0 Å². The molecular weight excluding hydrogens is 349 g/mol. The van der Waals surface area contributed by atoms with Crippen molar-refractivity contribution >= 4 is 23.2 Å². The predicted molar refractivity (Wildman–Crippen MR) is 89.2 cm³/mol. The average Bonchev–Trinajstić information content (AvgIpc) is 2.55. The Kier molecular flexibility index (Phi) is 4.14. The van der Waals surface area contributed by atoms with Crippen molar-refractivity contribution in [2.75, 3.05) is 10.6 Å². The molecule has 2 aromatic rings. The third-order valence-corrected chi connectivity index (χ3v) is 3.90. The largest absolute Gasteiger partial charge is 0.476 e. The summed E-state index contributed by atoms with van der Waals surface area (Å²) in [6.07, 6.45) is -4.47. The Morgan fingerprint density at radius 2 is 1.77 bits per heavy atom. The summed E-state index contributed by atoms with van der Waals surface area (Å²) in [4.78, 5) is 24.4. The highest BCUT2D eigenvalue weighted by molar-refractivity contribution is 6.09. The van der Waals surface area contributed by atoms with Gasteiger partial charge in [0.1, 0.15) is 11.4 Å². The fraction of sp³-hybridized carbons (Fsp3) is 0.222. The number of para-hydroxylation sites is 1. The minimum absolute atomic E-state index is 0.0546. The number of hydrogen-bond acceptors (Lipinski definition) is 3. The Bertz CT molecular complexity index is 874. The zero-order valence-corrected chi connectivity index (χ0v) is 13.9. The fourth-order valence-corrected chi connectivity index (χ4v) is 2.44. The number of carbonyl (C=O) groups is 2. The molecule has 0 aliphatic carbocycles. The molecule has 1 aliphatic heterocycles. The lowest BCUT2D eigenvalue weighted by molar-refractivity contribution is -0.137. The number of rotatable bonds is 2. The van der Waals surface area contributed by atoms with Crippen molar-refractivity contribution in [1.82, 2.24) is 0 Å². The molecular formula is C18H15F3N2O3. The van der Waals surface area contributed by atoms with Crippen LogP contribution in [0.2, 0.25) is 0 Å². The highest BCUT2D eigenvalue weighted by Gasteiger charge is 2.36. The number of carbonyl (C=O) groups excluding carboxylic acids is 2. The first-order valence-corrected chi connectivity index (χ1v) is 7.70. The van der Waals surface area contributed by atoms with Gasteiger partial charge in [-0.1, -0.05) is 6.07 Å². The van der Waals surface area contributed by atoms with Crippen LogP contribution in [0.1, 0.15) is 29.8 Å². The van der Waals surface area contributed by atoms with E-state index in [9.17, 15) is 22.8 Å². The standard InChI is InChI=1S/C18H15F3N2O3/c1-17(2)16(25)23-14-12(4-3-5-13(14)26-17)22-15(24)10-6-8-11(9-7-10)18(19,20)21/h3-9H,1-2H3,(H,22,24)(H,23,25). The van der Waals surface area contributed by atoms with Gasteiger partial charge >= 0.3 is 6.18 Å². The maximum atomic E-state index is 12.6. The smallest absolute Gasteiger partial charge is 0.416 e. The van der Waals surface area contributed by atoms with Gasteiger partial charge in [-0.05, 0) is 50.2 Å². The van der Waals surface area contributed by atoms with Gasteiger partial charge in [-0.15, -0.1) is 0 Å². The van der Waals surface area contributed by atoms with E-state index in [1.54, 1.807) is 32.0 Å². The SMILES string of the molecule is CC1(C)Oc2cccc(NC(=O)c3ccc(C(F)(F)F)cc3)c2NC1=O. The Morgan fingerprint density at radius 1 is 1.12 bits per heavy atom. The average molecular weight is 364 g/mol. The number of fused-ring (bicyclic) bond motifs is 1. The second-order valence-corrected chi connectivity index (χ2v) is 6.27. The van der Waals surface area contributed by atoms with E-state index in [0.29, 0.717) is 11.4 Å². The zero-order chi connectivity index (χ0) is 19.1. The molecule has 5 nitrogen and oxygen atoms in total. The number of benzene rings is 2. The first-order chi connectivity index (χ1) is 12.1. The summed E-state index contributed by atoms with van der Waals surface area (Å²) < 4.78 is 43.4. The van der Waals surface area contributed by atoms with E-state index < -0.39 is 23.2 Å². The Hall–Kier alpha value is -3.03. The summed E-state index contributed by atoms with van der Waals surface area (Å²) in [5, 5.41) is 5.25. The molecule has 0 aromatic heterocycles. The molecule has 26 heavy (non-hydrogen) atoms. The van der Waals surface area contributed by atoms with Gasteiger partial charge in [0.2, 0.25) is 0 Å². The van der Waals surface area contributed by atoms with Crippen LogP contribution in [0.25, 0.3) is 0 Å². The maximum absolute atomic E-state index is 12.6. The highest BCUT2D eigenvalue weighted by atomic mass is 19.4. The van der Waals surface area contributed by atoms with Crippen LogP contribution < -0.4 is 15.4 Å². The van der Waals surface area contributed by atoms with E-state index in [4.69, 9.17) is 4.74 Å². The third-order valence-electron chi connectivity index (χ3n) is 3.90. The monoisotopic (exact) mass is 364 g/mol. The number of hydrogen-bond donors (Lipinski definition) is 2. The van der Waals surface area contributed by atoms with Gasteiger partial charge in [0, 0.05) is 5.56 Å². The molecule has 0 radical (unpaired) electrons. The van der Waals surface area contributed by atoms with E-state index in [-0.39, 0.29) is 17.2 Å². The molecule has 0 bridgehead atoms.